The van der Waals surface area contributed by atoms with Gasteiger partial charge in [-0.1, -0.05) is 18.2 Å². The molecule has 0 aliphatic carbocycles. The van der Waals surface area contributed by atoms with E-state index < -0.39 is 0 Å². The Morgan fingerprint density at radius 2 is 2.00 bits per heavy atom. The molecule has 0 atom stereocenters. The molecule has 1 aromatic heterocycles. The number of nitrogens with zero attached hydrogens (tertiary/aromatic N) is 2. The van der Waals surface area contributed by atoms with E-state index in [0.29, 0.717) is 5.56 Å². The van der Waals surface area contributed by atoms with Crippen molar-refractivity contribution in [1.29, 1.82) is 5.26 Å². The molecule has 17 heavy (non-hydrogen) atoms. The molecule has 0 amide bonds. The lowest BCUT2D eigenvalue weighted by atomic mass is 10.2. The molecule has 1 heterocycles. The van der Waals surface area contributed by atoms with Gasteiger partial charge in [-0.3, -0.25) is 4.79 Å². The molecule has 0 radical (unpaired) electrons. The van der Waals surface area contributed by atoms with Crippen LogP contribution in [0, 0.1) is 18.3 Å². The van der Waals surface area contributed by atoms with Gasteiger partial charge in [0.05, 0.1) is 12.5 Å². The molecule has 2 aromatic rings. The maximum absolute atomic E-state index is 11.6. The van der Waals surface area contributed by atoms with E-state index in [-0.39, 0.29) is 11.8 Å². The molecule has 0 bridgehead atoms. The predicted octanol–water partition coefficient (Wildman–Crippen LogP) is 2.21. The van der Waals surface area contributed by atoms with Crippen molar-refractivity contribution in [1.82, 2.24) is 4.57 Å². The minimum Gasteiger partial charge on any atom is -0.321 e. The van der Waals surface area contributed by atoms with Gasteiger partial charge in [-0.05, 0) is 19.1 Å². The molecule has 3 nitrogen and oxygen atoms in total. The Labute approximate surface area is 99.6 Å². The Morgan fingerprint density at radius 3 is 2.65 bits per heavy atom. The summed E-state index contributed by atoms with van der Waals surface area (Å²) >= 11 is 0. The van der Waals surface area contributed by atoms with E-state index in [4.69, 9.17) is 5.26 Å². The van der Waals surface area contributed by atoms with Crippen LogP contribution in [-0.2, 0) is 6.42 Å². The maximum atomic E-state index is 11.6. The first-order valence-electron chi connectivity index (χ1n) is 5.37. The van der Waals surface area contributed by atoms with Crippen LogP contribution in [0.4, 0.5) is 0 Å². The SMILES string of the molecule is Cc1cc(=O)c(CC#N)cn1-c1ccccc1. The Balaban J connectivity index is 2.59. The van der Waals surface area contributed by atoms with Crippen LogP contribution in [0.1, 0.15) is 11.3 Å². The van der Waals surface area contributed by atoms with Gasteiger partial charge in [-0.15, -0.1) is 0 Å². The van der Waals surface area contributed by atoms with Crippen molar-refractivity contribution in [3.8, 4) is 11.8 Å². The molecule has 0 N–H and O–H groups in total. The van der Waals surface area contributed by atoms with Crippen molar-refractivity contribution < 1.29 is 0 Å². The number of hydrogen-bond acceptors (Lipinski definition) is 2. The summed E-state index contributed by atoms with van der Waals surface area (Å²) < 4.78 is 1.92. The number of para-hydroxylation sites is 1. The Morgan fingerprint density at radius 1 is 1.29 bits per heavy atom. The van der Waals surface area contributed by atoms with Crippen molar-refractivity contribution in [2.24, 2.45) is 0 Å². The third-order valence-corrected chi connectivity index (χ3v) is 2.63. The fourth-order valence-corrected chi connectivity index (χ4v) is 1.76. The number of nitriles is 1. The van der Waals surface area contributed by atoms with Gasteiger partial charge in [0.2, 0.25) is 0 Å². The first kappa shape index (κ1) is 11.2. The number of hydrogen-bond donors (Lipinski definition) is 0. The molecule has 3 heteroatoms. The first-order valence-corrected chi connectivity index (χ1v) is 5.37. The molecular formula is C14H12N2O. The van der Waals surface area contributed by atoms with Gasteiger partial charge in [0.15, 0.2) is 5.43 Å². The van der Waals surface area contributed by atoms with Crippen molar-refractivity contribution in [3.63, 3.8) is 0 Å². The number of aryl methyl sites for hydroxylation is 1. The van der Waals surface area contributed by atoms with E-state index in [9.17, 15) is 4.79 Å². The predicted molar refractivity (Wildman–Crippen MR) is 66.1 cm³/mol. The summed E-state index contributed by atoms with van der Waals surface area (Å²) in [7, 11) is 0. The standard InChI is InChI=1S/C14H12N2O/c1-11-9-14(17)12(7-8-15)10-16(11)13-5-3-2-4-6-13/h2-6,9-10H,7H2,1H3. The fraction of sp³-hybridized carbons (Fsp3) is 0.143. The van der Waals surface area contributed by atoms with Gasteiger partial charge in [0, 0.05) is 29.2 Å². The van der Waals surface area contributed by atoms with Crippen molar-refractivity contribution in [2.45, 2.75) is 13.3 Å². The molecule has 0 unspecified atom stereocenters. The molecule has 2 rings (SSSR count). The highest BCUT2D eigenvalue weighted by Gasteiger charge is 2.04. The van der Waals surface area contributed by atoms with E-state index in [1.165, 1.54) is 0 Å². The quantitative estimate of drug-likeness (QED) is 0.785. The lowest BCUT2D eigenvalue weighted by Crippen LogP contribution is -2.13. The summed E-state index contributed by atoms with van der Waals surface area (Å²) in [4.78, 5) is 11.6. The van der Waals surface area contributed by atoms with Crippen molar-refractivity contribution in [2.75, 3.05) is 0 Å². The highest BCUT2D eigenvalue weighted by atomic mass is 16.1. The molecule has 0 saturated heterocycles. The largest absolute Gasteiger partial charge is 0.321 e. The lowest BCUT2D eigenvalue weighted by Gasteiger charge is -2.11. The molecule has 0 fully saturated rings. The van der Waals surface area contributed by atoms with Crippen LogP contribution in [0.15, 0.2) is 47.4 Å². The maximum Gasteiger partial charge on any atom is 0.186 e. The van der Waals surface area contributed by atoms with Crippen LogP contribution in [0.25, 0.3) is 5.69 Å². The third-order valence-electron chi connectivity index (χ3n) is 2.63. The number of benzene rings is 1. The normalized spacial score (nSPS) is 9.88. The van der Waals surface area contributed by atoms with Crippen LogP contribution in [-0.4, -0.2) is 4.57 Å². The zero-order valence-electron chi connectivity index (χ0n) is 9.55. The second-order valence-electron chi connectivity index (χ2n) is 3.84. The van der Waals surface area contributed by atoms with Crippen LogP contribution < -0.4 is 5.43 Å². The second kappa shape index (κ2) is 4.67. The minimum atomic E-state index is -0.0729. The van der Waals surface area contributed by atoms with E-state index in [0.717, 1.165) is 11.4 Å². The van der Waals surface area contributed by atoms with Gasteiger partial charge in [0.1, 0.15) is 0 Å². The molecule has 0 spiro atoms. The molecular weight excluding hydrogens is 212 g/mol. The topological polar surface area (TPSA) is 45.8 Å². The number of pyridine rings is 1. The zero-order valence-corrected chi connectivity index (χ0v) is 9.55. The van der Waals surface area contributed by atoms with Crippen LogP contribution in [0.3, 0.4) is 0 Å². The van der Waals surface area contributed by atoms with Crippen LogP contribution >= 0.6 is 0 Å². The van der Waals surface area contributed by atoms with Crippen molar-refractivity contribution in [3.05, 3.63) is 64.1 Å². The Kier molecular flexibility index (Phi) is 3.06. The zero-order chi connectivity index (χ0) is 12.3. The molecule has 0 saturated carbocycles. The van der Waals surface area contributed by atoms with Gasteiger partial charge in [-0.2, -0.15) is 5.26 Å². The second-order valence-corrected chi connectivity index (χ2v) is 3.84. The summed E-state index contributed by atoms with van der Waals surface area (Å²) in [5, 5.41) is 8.68. The average molecular weight is 224 g/mol. The summed E-state index contributed by atoms with van der Waals surface area (Å²) in [6, 6.07) is 13.3. The lowest BCUT2D eigenvalue weighted by molar-refractivity contribution is 0.949. The number of rotatable bonds is 2. The summed E-state index contributed by atoms with van der Waals surface area (Å²) in [5.74, 6) is 0. The van der Waals surface area contributed by atoms with E-state index in [1.54, 1.807) is 12.3 Å². The van der Waals surface area contributed by atoms with E-state index in [2.05, 4.69) is 0 Å². The summed E-state index contributed by atoms with van der Waals surface area (Å²) in [6.45, 7) is 1.88. The first-order chi connectivity index (χ1) is 8.22. The van der Waals surface area contributed by atoms with Gasteiger partial charge in [-0.25, -0.2) is 0 Å². The van der Waals surface area contributed by atoms with E-state index in [1.807, 2.05) is 47.9 Å². The highest BCUT2D eigenvalue weighted by molar-refractivity contribution is 5.35. The van der Waals surface area contributed by atoms with Gasteiger partial charge < -0.3 is 4.57 Å². The van der Waals surface area contributed by atoms with Gasteiger partial charge >= 0.3 is 0 Å². The smallest absolute Gasteiger partial charge is 0.186 e. The summed E-state index contributed by atoms with van der Waals surface area (Å²) in [6.07, 6.45) is 1.89. The van der Waals surface area contributed by atoms with Gasteiger partial charge in [0.25, 0.3) is 0 Å². The molecule has 0 aliphatic heterocycles. The third kappa shape index (κ3) is 2.26. The molecule has 0 aliphatic rings. The minimum absolute atomic E-state index is 0.0729. The van der Waals surface area contributed by atoms with Crippen LogP contribution in [0.2, 0.25) is 0 Å². The molecule has 1 aromatic carbocycles. The number of aromatic nitrogens is 1. The molecule has 84 valence electrons. The monoisotopic (exact) mass is 224 g/mol. The van der Waals surface area contributed by atoms with E-state index >= 15 is 0 Å². The average Bonchev–Trinajstić information content (AvgIpc) is 2.34. The van der Waals surface area contributed by atoms with Crippen molar-refractivity contribution >= 4 is 0 Å². The Bertz CT molecular complexity index is 621. The van der Waals surface area contributed by atoms with Crippen LogP contribution in [0.5, 0.6) is 0 Å². The Hall–Kier alpha value is -2.34. The highest BCUT2D eigenvalue weighted by Crippen LogP contribution is 2.10. The summed E-state index contributed by atoms with van der Waals surface area (Å²) in [5.41, 5.74) is 2.31. The fourth-order valence-electron chi connectivity index (χ4n) is 1.76.